The normalized spacial score (nSPS) is 13.3. The fourth-order valence-electron chi connectivity index (χ4n) is 2.27. The Hall–Kier alpha value is -2.11. The molecule has 128 valence electrons. The van der Waals surface area contributed by atoms with E-state index in [0.717, 1.165) is 5.56 Å². The molecule has 1 aromatic rings. The maximum Gasteiger partial charge on any atom is 0.407 e. The van der Waals surface area contributed by atoms with Gasteiger partial charge in [0, 0.05) is 6.04 Å². The third kappa shape index (κ3) is 7.13. The van der Waals surface area contributed by atoms with E-state index in [2.05, 4.69) is 15.4 Å². The number of ether oxygens (including phenoxy) is 1. The second-order valence-electron chi connectivity index (χ2n) is 6.06. The van der Waals surface area contributed by atoms with Crippen LogP contribution in [-0.4, -0.2) is 31.2 Å². The van der Waals surface area contributed by atoms with Gasteiger partial charge >= 0.3 is 6.09 Å². The third-order valence-corrected chi connectivity index (χ3v) is 3.34. The fourth-order valence-corrected chi connectivity index (χ4v) is 2.27. The smallest absolute Gasteiger partial charge is 0.407 e. The van der Waals surface area contributed by atoms with Crippen LogP contribution in [0.5, 0.6) is 0 Å². The summed E-state index contributed by atoms with van der Waals surface area (Å²) in [5, 5.41) is 5.43. The van der Waals surface area contributed by atoms with Gasteiger partial charge in [0.05, 0.1) is 7.11 Å². The highest BCUT2D eigenvalue weighted by Gasteiger charge is 2.23. The summed E-state index contributed by atoms with van der Waals surface area (Å²) in [6, 6.07) is 5.39. The van der Waals surface area contributed by atoms with Gasteiger partial charge in [0.1, 0.15) is 11.9 Å². The molecular formula is C17H25FN2O3. The zero-order valence-electron chi connectivity index (χ0n) is 14.1. The van der Waals surface area contributed by atoms with Crippen molar-refractivity contribution in [3.8, 4) is 0 Å². The second kappa shape index (κ2) is 9.12. The van der Waals surface area contributed by atoms with Crippen LogP contribution in [0.25, 0.3) is 0 Å². The second-order valence-corrected chi connectivity index (χ2v) is 6.06. The quantitative estimate of drug-likeness (QED) is 0.810. The van der Waals surface area contributed by atoms with Crippen LogP contribution in [0.15, 0.2) is 24.3 Å². The number of carbonyl (C=O) groups is 2. The number of benzene rings is 1. The molecule has 2 N–H and O–H groups in total. The molecule has 2 amide bonds. The van der Waals surface area contributed by atoms with Gasteiger partial charge in [-0.3, -0.25) is 4.79 Å². The number of carbonyl (C=O) groups excluding carboxylic acids is 2. The summed E-state index contributed by atoms with van der Waals surface area (Å²) < 4.78 is 17.5. The molecule has 0 heterocycles. The largest absolute Gasteiger partial charge is 0.453 e. The molecule has 0 unspecified atom stereocenters. The van der Waals surface area contributed by atoms with E-state index in [4.69, 9.17) is 0 Å². The molecule has 2 atom stereocenters. The van der Waals surface area contributed by atoms with E-state index in [0.29, 0.717) is 12.8 Å². The SMILES string of the molecule is COC(=O)N[C@H](CC(C)C)C(=O)N[C@@H](C)Cc1ccc(F)cc1. The predicted octanol–water partition coefficient (Wildman–Crippen LogP) is 2.64. The van der Waals surface area contributed by atoms with E-state index in [1.807, 2.05) is 20.8 Å². The average molecular weight is 324 g/mol. The minimum atomic E-state index is -0.641. The molecule has 5 nitrogen and oxygen atoms in total. The van der Waals surface area contributed by atoms with Crippen molar-refractivity contribution in [3.05, 3.63) is 35.6 Å². The zero-order valence-corrected chi connectivity index (χ0v) is 14.1. The Kier molecular flexibility index (Phi) is 7.51. The molecule has 1 rings (SSSR count). The number of hydrogen-bond donors (Lipinski definition) is 2. The van der Waals surface area contributed by atoms with Gasteiger partial charge in [-0.05, 0) is 43.4 Å². The lowest BCUT2D eigenvalue weighted by atomic mass is 10.0. The van der Waals surface area contributed by atoms with Gasteiger partial charge in [-0.1, -0.05) is 26.0 Å². The number of nitrogens with one attached hydrogen (secondary N) is 2. The van der Waals surface area contributed by atoms with Gasteiger partial charge in [0.25, 0.3) is 0 Å². The molecule has 0 radical (unpaired) electrons. The van der Waals surface area contributed by atoms with Crippen LogP contribution < -0.4 is 10.6 Å². The number of amides is 2. The summed E-state index contributed by atoms with van der Waals surface area (Å²) in [6.07, 6.45) is 0.472. The van der Waals surface area contributed by atoms with Crippen LogP contribution in [0.2, 0.25) is 0 Å². The van der Waals surface area contributed by atoms with Crippen molar-refractivity contribution < 1.29 is 18.7 Å². The Balaban J connectivity index is 2.61. The zero-order chi connectivity index (χ0) is 17.4. The van der Waals surface area contributed by atoms with Crippen LogP contribution in [0, 0.1) is 11.7 Å². The van der Waals surface area contributed by atoms with Crippen LogP contribution in [0.4, 0.5) is 9.18 Å². The fraction of sp³-hybridized carbons (Fsp3) is 0.529. The Labute approximate surface area is 136 Å². The minimum absolute atomic E-state index is 0.137. The monoisotopic (exact) mass is 324 g/mol. The minimum Gasteiger partial charge on any atom is -0.453 e. The number of hydrogen-bond acceptors (Lipinski definition) is 3. The molecule has 0 spiro atoms. The van der Waals surface area contributed by atoms with Crippen LogP contribution in [0.1, 0.15) is 32.8 Å². The summed E-state index contributed by atoms with van der Waals surface area (Å²) in [7, 11) is 1.26. The standard InChI is InChI=1S/C17H25FN2O3/c1-11(2)9-15(20-17(22)23-4)16(21)19-12(3)10-13-5-7-14(18)8-6-13/h5-8,11-12,15H,9-10H2,1-4H3,(H,19,21)(H,20,22)/t12-,15+/m0/s1. The van der Waals surface area contributed by atoms with Crippen molar-refractivity contribution in [2.45, 2.75) is 45.7 Å². The van der Waals surface area contributed by atoms with Crippen molar-refractivity contribution in [3.63, 3.8) is 0 Å². The highest BCUT2D eigenvalue weighted by molar-refractivity contribution is 5.85. The van der Waals surface area contributed by atoms with Gasteiger partial charge in [0.15, 0.2) is 0 Å². The van der Waals surface area contributed by atoms with E-state index in [-0.39, 0.29) is 23.7 Å². The summed E-state index contributed by atoms with van der Waals surface area (Å²) in [4.78, 5) is 23.7. The highest BCUT2D eigenvalue weighted by Crippen LogP contribution is 2.08. The molecular weight excluding hydrogens is 299 g/mol. The molecule has 23 heavy (non-hydrogen) atoms. The maximum atomic E-state index is 12.9. The van der Waals surface area contributed by atoms with Crippen molar-refractivity contribution in [1.82, 2.24) is 10.6 Å². The van der Waals surface area contributed by atoms with Crippen molar-refractivity contribution in [2.75, 3.05) is 7.11 Å². The molecule has 0 aliphatic heterocycles. The average Bonchev–Trinajstić information content (AvgIpc) is 2.48. The summed E-state index contributed by atoms with van der Waals surface area (Å²) in [5.41, 5.74) is 0.931. The molecule has 0 aliphatic carbocycles. The molecule has 0 aliphatic rings. The number of alkyl carbamates (subject to hydrolysis) is 1. The highest BCUT2D eigenvalue weighted by atomic mass is 19.1. The third-order valence-electron chi connectivity index (χ3n) is 3.34. The lowest BCUT2D eigenvalue weighted by Crippen LogP contribution is -2.50. The Morgan fingerprint density at radius 2 is 1.74 bits per heavy atom. The van der Waals surface area contributed by atoms with Gasteiger partial charge < -0.3 is 15.4 Å². The van der Waals surface area contributed by atoms with Crippen LogP contribution >= 0.6 is 0 Å². The van der Waals surface area contributed by atoms with Crippen molar-refractivity contribution in [1.29, 1.82) is 0 Å². The first-order valence-electron chi connectivity index (χ1n) is 7.71. The Morgan fingerprint density at radius 3 is 2.26 bits per heavy atom. The number of halogens is 1. The van der Waals surface area contributed by atoms with E-state index < -0.39 is 12.1 Å². The predicted molar refractivity (Wildman–Crippen MR) is 86.5 cm³/mol. The lowest BCUT2D eigenvalue weighted by Gasteiger charge is -2.22. The molecule has 0 bridgehead atoms. The van der Waals surface area contributed by atoms with Gasteiger partial charge in [-0.25, -0.2) is 9.18 Å². The first kappa shape index (κ1) is 18.9. The molecule has 0 saturated heterocycles. The Bertz CT molecular complexity index is 517. The molecule has 0 aromatic heterocycles. The summed E-state index contributed by atoms with van der Waals surface area (Å²) >= 11 is 0. The van der Waals surface area contributed by atoms with Gasteiger partial charge in [-0.2, -0.15) is 0 Å². The Morgan fingerprint density at radius 1 is 1.13 bits per heavy atom. The number of methoxy groups -OCH3 is 1. The summed E-state index contributed by atoms with van der Waals surface area (Å²) in [5.74, 6) is -0.293. The molecule has 1 aromatic carbocycles. The van der Waals surface area contributed by atoms with Crippen LogP contribution in [0.3, 0.4) is 0 Å². The number of rotatable bonds is 7. The van der Waals surface area contributed by atoms with E-state index in [1.165, 1.54) is 19.2 Å². The topological polar surface area (TPSA) is 67.4 Å². The molecule has 0 saturated carbocycles. The maximum absolute atomic E-state index is 12.9. The summed E-state index contributed by atoms with van der Waals surface area (Å²) in [6.45, 7) is 5.81. The van der Waals surface area contributed by atoms with Crippen LogP contribution in [-0.2, 0) is 16.0 Å². The van der Waals surface area contributed by atoms with Gasteiger partial charge in [-0.15, -0.1) is 0 Å². The first-order valence-corrected chi connectivity index (χ1v) is 7.71. The van der Waals surface area contributed by atoms with E-state index >= 15 is 0 Å². The van der Waals surface area contributed by atoms with Crippen molar-refractivity contribution >= 4 is 12.0 Å². The van der Waals surface area contributed by atoms with E-state index in [9.17, 15) is 14.0 Å². The van der Waals surface area contributed by atoms with Crippen molar-refractivity contribution in [2.24, 2.45) is 5.92 Å². The molecule has 6 heteroatoms. The first-order chi connectivity index (χ1) is 10.8. The lowest BCUT2D eigenvalue weighted by molar-refractivity contribution is -0.124. The molecule has 0 fully saturated rings. The van der Waals surface area contributed by atoms with E-state index in [1.54, 1.807) is 12.1 Å². The van der Waals surface area contributed by atoms with Gasteiger partial charge in [0.2, 0.25) is 5.91 Å².